The highest BCUT2D eigenvalue weighted by Gasteiger charge is 2.26. The Morgan fingerprint density at radius 2 is 1.25 bits per heavy atom. The van der Waals surface area contributed by atoms with Crippen LogP contribution in [0.15, 0.2) is 42.2 Å². The number of hydrogen-bond donors (Lipinski definition) is 3. The normalized spacial score (nSPS) is 11.8. The first-order valence-corrected chi connectivity index (χ1v) is 11.0. The zero-order valence-electron chi connectivity index (χ0n) is 12.7. The molecule has 4 nitrogen and oxygen atoms in total. The Morgan fingerprint density at radius 3 is 1.62 bits per heavy atom. The predicted octanol–water partition coefficient (Wildman–Crippen LogP) is 5.58. The van der Waals surface area contributed by atoms with E-state index in [1.54, 1.807) is 0 Å². The van der Waals surface area contributed by atoms with E-state index < -0.39 is 10.9 Å². The monoisotopic (exact) mass is 602 g/mol. The summed E-state index contributed by atoms with van der Waals surface area (Å²) in [6.07, 6.45) is 0. The smallest absolute Gasteiger partial charge is 0.222 e. The van der Waals surface area contributed by atoms with Crippen molar-refractivity contribution < 1.29 is 8.42 Å². The second kappa shape index (κ2) is 7.65. The topological polar surface area (TPSA) is 72.2 Å². The van der Waals surface area contributed by atoms with E-state index in [9.17, 15) is 8.42 Å². The first-order valence-electron chi connectivity index (χ1n) is 6.69. The van der Waals surface area contributed by atoms with Crippen molar-refractivity contribution in [1.82, 2.24) is 0 Å². The van der Waals surface area contributed by atoms with E-state index in [0.29, 0.717) is 20.3 Å². The molecular weight excluding hydrogens is 592 g/mol. The average Bonchev–Trinajstić information content (AvgIpc) is 2.47. The van der Waals surface area contributed by atoms with Gasteiger partial charge in [0.1, 0.15) is 0 Å². The van der Waals surface area contributed by atoms with Crippen LogP contribution in [0.5, 0.6) is 0 Å². The Kier molecular flexibility index (Phi) is 6.45. The van der Waals surface area contributed by atoms with Gasteiger partial charge in [0.2, 0.25) is 10.9 Å². The van der Waals surface area contributed by atoms with Crippen LogP contribution in [0.1, 0.15) is 25.0 Å². The lowest BCUT2D eigenvalue weighted by Gasteiger charge is -2.28. The zero-order chi connectivity index (χ0) is 18.2. The van der Waals surface area contributed by atoms with Gasteiger partial charge in [0.05, 0.1) is 11.4 Å². The number of thiol groups is 1. The third kappa shape index (κ3) is 4.17. The highest BCUT2D eigenvalue weighted by atomic mass is 79.9. The van der Waals surface area contributed by atoms with Crippen LogP contribution in [0.2, 0.25) is 0 Å². The molecule has 0 saturated heterocycles. The number of benzene rings is 2. The largest absolute Gasteiger partial charge is 0.397 e. The molecule has 2 aromatic rings. The SMILES string of the molecule is CC(C)(c1cc(Br)c(N)c(Br)c1)c1cc(Br)c(N[SH](=O)=O)c(Br)c1. The van der Waals surface area contributed by atoms with Gasteiger partial charge in [0.15, 0.2) is 0 Å². The van der Waals surface area contributed by atoms with Crippen molar-refractivity contribution in [2.24, 2.45) is 0 Å². The van der Waals surface area contributed by atoms with Gasteiger partial charge in [-0.05, 0) is 99.1 Å². The summed E-state index contributed by atoms with van der Waals surface area (Å²) in [5, 5.41) is 0. The lowest BCUT2D eigenvalue weighted by atomic mass is 9.78. The molecular formula is C15H14Br4N2O2S. The van der Waals surface area contributed by atoms with E-state index >= 15 is 0 Å². The van der Waals surface area contributed by atoms with Crippen molar-refractivity contribution in [3.05, 3.63) is 53.3 Å². The fourth-order valence-corrected chi connectivity index (χ4v) is 5.54. The van der Waals surface area contributed by atoms with Crippen LogP contribution in [-0.2, 0) is 16.3 Å². The van der Waals surface area contributed by atoms with Gasteiger partial charge in [-0.1, -0.05) is 13.8 Å². The number of rotatable bonds is 4. The fraction of sp³-hybridized carbons (Fsp3) is 0.200. The molecule has 24 heavy (non-hydrogen) atoms. The molecule has 3 N–H and O–H groups in total. The summed E-state index contributed by atoms with van der Waals surface area (Å²) in [4.78, 5) is 0. The number of nitrogens with two attached hydrogens (primary N) is 1. The number of halogens is 4. The molecule has 0 aliphatic rings. The predicted molar refractivity (Wildman–Crippen MR) is 114 cm³/mol. The van der Waals surface area contributed by atoms with E-state index in [1.807, 2.05) is 24.3 Å². The van der Waals surface area contributed by atoms with Gasteiger partial charge in [-0.2, -0.15) is 0 Å². The summed E-state index contributed by atoms with van der Waals surface area (Å²) in [7, 11) is -2.74. The van der Waals surface area contributed by atoms with Crippen LogP contribution in [0.4, 0.5) is 11.4 Å². The minimum absolute atomic E-state index is 0.331. The van der Waals surface area contributed by atoms with Crippen molar-refractivity contribution in [2.45, 2.75) is 19.3 Å². The molecule has 0 spiro atoms. The number of nitrogens with one attached hydrogen (secondary N) is 1. The molecule has 2 aromatic carbocycles. The Morgan fingerprint density at radius 1 is 0.875 bits per heavy atom. The summed E-state index contributed by atoms with van der Waals surface area (Å²) in [5.41, 5.74) is 8.84. The van der Waals surface area contributed by atoms with Gasteiger partial charge in [-0.3, -0.25) is 4.72 Å². The molecule has 2 rings (SSSR count). The van der Waals surface area contributed by atoms with E-state index in [0.717, 1.165) is 20.1 Å². The minimum atomic E-state index is -2.74. The molecule has 0 heterocycles. The van der Waals surface area contributed by atoms with Crippen LogP contribution < -0.4 is 10.5 Å². The van der Waals surface area contributed by atoms with E-state index in [2.05, 4.69) is 82.3 Å². The van der Waals surface area contributed by atoms with Crippen LogP contribution >= 0.6 is 63.7 Å². The third-order valence-corrected chi connectivity index (χ3v) is 6.74. The lowest BCUT2D eigenvalue weighted by molar-refractivity contribution is 0.619. The highest BCUT2D eigenvalue weighted by molar-refractivity contribution is 9.11. The summed E-state index contributed by atoms with van der Waals surface area (Å²) in [6, 6.07) is 7.79. The summed E-state index contributed by atoms with van der Waals surface area (Å²) >= 11 is 13.8. The molecule has 0 amide bonds. The first-order chi connectivity index (χ1) is 11.0. The first kappa shape index (κ1) is 20.2. The average molecular weight is 606 g/mol. The second-order valence-corrected chi connectivity index (χ2v) is 9.82. The van der Waals surface area contributed by atoms with Crippen LogP contribution in [0.25, 0.3) is 0 Å². The molecule has 0 aliphatic heterocycles. The van der Waals surface area contributed by atoms with Crippen molar-refractivity contribution >= 4 is 86.0 Å². The van der Waals surface area contributed by atoms with Gasteiger partial charge in [-0.15, -0.1) is 0 Å². The molecule has 0 fully saturated rings. The maximum absolute atomic E-state index is 10.9. The fourth-order valence-electron chi connectivity index (χ4n) is 2.24. The minimum Gasteiger partial charge on any atom is -0.397 e. The van der Waals surface area contributed by atoms with Crippen molar-refractivity contribution in [1.29, 1.82) is 0 Å². The third-order valence-electron chi connectivity index (χ3n) is 3.77. The van der Waals surface area contributed by atoms with Crippen molar-refractivity contribution in [3.63, 3.8) is 0 Å². The molecule has 9 heteroatoms. The summed E-state index contributed by atoms with van der Waals surface area (Å²) < 4.78 is 27.3. The van der Waals surface area contributed by atoms with E-state index in [4.69, 9.17) is 5.73 Å². The molecule has 0 unspecified atom stereocenters. The highest BCUT2D eigenvalue weighted by Crippen LogP contribution is 2.42. The second-order valence-electron chi connectivity index (χ2n) is 5.66. The molecule has 0 atom stereocenters. The van der Waals surface area contributed by atoms with Gasteiger partial charge < -0.3 is 5.73 Å². The maximum Gasteiger partial charge on any atom is 0.222 e. The maximum atomic E-state index is 10.9. The Balaban J connectivity index is 2.58. The quantitative estimate of drug-likeness (QED) is 0.315. The molecule has 130 valence electrons. The molecule has 0 bridgehead atoms. The van der Waals surface area contributed by atoms with Gasteiger partial charge in [-0.25, -0.2) is 8.42 Å². The molecule has 0 aliphatic carbocycles. The van der Waals surface area contributed by atoms with Gasteiger partial charge in [0.25, 0.3) is 0 Å². The van der Waals surface area contributed by atoms with Gasteiger partial charge in [0, 0.05) is 23.3 Å². The zero-order valence-corrected chi connectivity index (χ0v) is 19.9. The Hall–Kier alpha value is -0.0900. The van der Waals surface area contributed by atoms with E-state index in [1.165, 1.54) is 0 Å². The number of hydrogen-bond acceptors (Lipinski definition) is 3. The standard InChI is InChI=1S/C15H14Br4N2O2S/c1-15(2,7-3-9(16)13(20)10(17)4-7)8-5-11(18)14(12(19)6-8)21-24(22)23/h3-6,24H,20H2,1-2H3,(H,21,22,23). The molecule has 0 aromatic heterocycles. The van der Waals surface area contributed by atoms with Crippen LogP contribution in [-0.4, -0.2) is 8.42 Å². The van der Waals surface area contributed by atoms with Crippen LogP contribution in [0.3, 0.4) is 0 Å². The van der Waals surface area contributed by atoms with Crippen molar-refractivity contribution in [2.75, 3.05) is 10.5 Å². The van der Waals surface area contributed by atoms with Gasteiger partial charge >= 0.3 is 0 Å². The van der Waals surface area contributed by atoms with Crippen LogP contribution in [0, 0.1) is 0 Å². The number of anilines is 2. The molecule has 0 saturated carbocycles. The summed E-state index contributed by atoms with van der Waals surface area (Å²) in [5.74, 6) is 0. The Labute approximate surface area is 176 Å². The Bertz CT molecular complexity index is 828. The molecule has 0 radical (unpaired) electrons. The summed E-state index contributed by atoms with van der Waals surface area (Å²) in [6.45, 7) is 4.18. The number of nitrogen functional groups attached to an aromatic ring is 1. The van der Waals surface area contributed by atoms with Crippen molar-refractivity contribution in [3.8, 4) is 0 Å². The van der Waals surface area contributed by atoms with E-state index in [-0.39, 0.29) is 5.41 Å². The lowest BCUT2D eigenvalue weighted by Crippen LogP contribution is -2.19.